The zero-order chi connectivity index (χ0) is 21.1. The van der Waals surface area contributed by atoms with Crippen molar-refractivity contribution in [1.29, 1.82) is 0 Å². The van der Waals surface area contributed by atoms with Gasteiger partial charge in [-0.3, -0.25) is 4.79 Å². The number of likely N-dealkylation sites (tertiary alicyclic amines) is 1. The van der Waals surface area contributed by atoms with Gasteiger partial charge in [0, 0.05) is 18.2 Å². The Morgan fingerprint density at radius 1 is 1.04 bits per heavy atom. The molecule has 1 aromatic carbocycles. The lowest BCUT2D eigenvalue weighted by Gasteiger charge is -2.37. The Morgan fingerprint density at radius 2 is 1.64 bits per heavy atom. The third-order valence-electron chi connectivity index (χ3n) is 6.03. The van der Waals surface area contributed by atoms with E-state index in [0.717, 1.165) is 37.9 Å². The first-order valence-corrected chi connectivity index (χ1v) is 11.0. The predicted molar refractivity (Wildman–Crippen MR) is 120 cm³/mol. The molecule has 0 bridgehead atoms. The summed E-state index contributed by atoms with van der Waals surface area (Å²) in [6.07, 6.45) is 4.37. The van der Waals surface area contributed by atoms with Gasteiger partial charge < -0.3 is 4.90 Å². The first-order valence-electron chi connectivity index (χ1n) is 11.0. The van der Waals surface area contributed by atoms with Gasteiger partial charge in [-0.1, -0.05) is 98.2 Å². The Morgan fingerprint density at radius 3 is 2.14 bits per heavy atom. The number of benzene rings is 1. The molecule has 3 atom stereocenters. The number of amides is 1. The maximum Gasteiger partial charge on any atom is 0.231 e. The average Bonchev–Trinajstić information content (AvgIpc) is 2.84. The number of rotatable bonds is 7. The summed E-state index contributed by atoms with van der Waals surface area (Å²) in [4.78, 5) is 15.8. The van der Waals surface area contributed by atoms with E-state index in [2.05, 4.69) is 85.4 Å². The predicted octanol–water partition coefficient (Wildman–Crippen LogP) is 7.03. The zero-order valence-corrected chi connectivity index (χ0v) is 19.2. The summed E-state index contributed by atoms with van der Waals surface area (Å²) < 4.78 is 0. The van der Waals surface area contributed by atoms with Crippen LogP contribution in [-0.2, 0) is 4.79 Å². The molecular formula is C26H41NO. The van der Waals surface area contributed by atoms with Crippen molar-refractivity contribution in [3.63, 3.8) is 0 Å². The number of unbranched alkanes of at least 4 members (excludes halogenated alkanes) is 2. The van der Waals surface area contributed by atoms with Crippen molar-refractivity contribution in [2.45, 2.75) is 80.1 Å². The van der Waals surface area contributed by atoms with E-state index in [1.54, 1.807) is 0 Å². The number of allylic oxidation sites excluding steroid dienone is 1. The first kappa shape index (κ1) is 22.7. The molecule has 0 aromatic heterocycles. The Kier molecular flexibility index (Phi) is 7.17. The maximum atomic E-state index is 13.7. The van der Waals surface area contributed by atoms with Crippen molar-refractivity contribution in [2.24, 2.45) is 22.7 Å². The van der Waals surface area contributed by atoms with Gasteiger partial charge in [-0.15, -0.1) is 0 Å². The molecule has 2 rings (SSSR count). The number of hydrogen-bond donors (Lipinski definition) is 0. The minimum atomic E-state index is -0.0317. The Balaban J connectivity index is 2.48. The van der Waals surface area contributed by atoms with Gasteiger partial charge in [-0.2, -0.15) is 0 Å². The van der Waals surface area contributed by atoms with E-state index in [-0.39, 0.29) is 28.6 Å². The lowest BCUT2D eigenvalue weighted by atomic mass is 9.65. The molecule has 28 heavy (non-hydrogen) atoms. The molecule has 2 heteroatoms. The van der Waals surface area contributed by atoms with Gasteiger partial charge in [0.15, 0.2) is 0 Å². The monoisotopic (exact) mass is 383 g/mol. The summed E-state index contributed by atoms with van der Waals surface area (Å²) >= 11 is 0. The molecule has 2 nitrogen and oxygen atoms in total. The standard InChI is InChI=1S/C26H41NO/c1-9-10-14-17-27-19(2)23(26(6,7)8)22(24(27)28)21(18-25(3,4)5)20-15-12-11-13-16-20/h11-13,15-16,21-23H,2,9-10,14,17-18H2,1,3-8H3. The van der Waals surface area contributed by atoms with Crippen LogP contribution < -0.4 is 0 Å². The van der Waals surface area contributed by atoms with Gasteiger partial charge in [0.1, 0.15) is 0 Å². The Labute approximate surface area is 173 Å². The van der Waals surface area contributed by atoms with Gasteiger partial charge in [0.25, 0.3) is 0 Å². The fraction of sp³-hybridized carbons (Fsp3) is 0.654. The molecule has 0 spiro atoms. The number of carbonyl (C=O) groups excluding carboxylic acids is 1. The van der Waals surface area contributed by atoms with Crippen LogP contribution in [0.1, 0.15) is 85.6 Å². The summed E-state index contributed by atoms with van der Waals surface area (Å²) in [6.45, 7) is 21.1. The van der Waals surface area contributed by atoms with E-state index in [1.807, 2.05) is 4.90 Å². The average molecular weight is 384 g/mol. The molecule has 1 amide bonds. The van der Waals surface area contributed by atoms with Crippen molar-refractivity contribution in [1.82, 2.24) is 4.90 Å². The van der Waals surface area contributed by atoms with E-state index < -0.39 is 0 Å². The molecule has 156 valence electrons. The van der Waals surface area contributed by atoms with Crippen LogP contribution in [0.4, 0.5) is 0 Å². The molecule has 0 radical (unpaired) electrons. The third-order valence-corrected chi connectivity index (χ3v) is 6.03. The quantitative estimate of drug-likeness (QED) is 0.463. The fourth-order valence-electron chi connectivity index (χ4n) is 4.87. The molecule has 1 heterocycles. The number of hydrogen-bond acceptors (Lipinski definition) is 1. The second-order valence-electron chi connectivity index (χ2n) is 10.8. The number of nitrogens with zero attached hydrogens (tertiary/aromatic N) is 1. The highest BCUT2D eigenvalue weighted by atomic mass is 16.2. The lowest BCUT2D eigenvalue weighted by Crippen LogP contribution is -2.34. The van der Waals surface area contributed by atoms with Gasteiger partial charge in [-0.25, -0.2) is 0 Å². The van der Waals surface area contributed by atoms with E-state index >= 15 is 0 Å². The summed E-state index contributed by atoms with van der Waals surface area (Å²) in [5.41, 5.74) is 2.48. The molecule has 1 aliphatic heterocycles. The van der Waals surface area contributed by atoms with Crippen LogP contribution in [-0.4, -0.2) is 17.4 Å². The molecule has 0 N–H and O–H groups in total. The second kappa shape index (κ2) is 8.84. The van der Waals surface area contributed by atoms with Crippen LogP contribution >= 0.6 is 0 Å². The normalized spacial score (nSPS) is 22.0. The zero-order valence-electron chi connectivity index (χ0n) is 19.2. The van der Waals surface area contributed by atoms with Crippen LogP contribution in [0.2, 0.25) is 0 Å². The van der Waals surface area contributed by atoms with Crippen LogP contribution in [0, 0.1) is 22.7 Å². The van der Waals surface area contributed by atoms with E-state index in [4.69, 9.17) is 0 Å². The van der Waals surface area contributed by atoms with Crippen molar-refractivity contribution < 1.29 is 4.79 Å². The molecule has 1 aromatic rings. The molecule has 0 saturated carbocycles. The largest absolute Gasteiger partial charge is 0.316 e. The van der Waals surface area contributed by atoms with Crippen molar-refractivity contribution in [3.05, 3.63) is 48.2 Å². The van der Waals surface area contributed by atoms with Crippen LogP contribution in [0.5, 0.6) is 0 Å². The molecule has 3 unspecified atom stereocenters. The minimum Gasteiger partial charge on any atom is -0.316 e. The van der Waals surface area contributed by atoms with Crippen molar-refractivity contribution >= 4 is 5.91 Å². The SMILES string of the molecule is C=C1C(C(C)(C)C)C(C(CC(C)(C)C)c2ccccc2)C(=O)N1CCCCC. The van der Waals surface area contributed by atoms with Gasteiger partial charge in [0.05, 0.1) is 5.92 Å². The van der Waals surface area contributed by atoms with E-state index in [0.29, 0.717) is 5.91 Å². The second-order valence-corrected chi connectivity index (χ2v) is 10.8. The highest BCUT2D eigenvalue weighted by molar-refractivity contribution is 5.85. The van der Waals surface area contributed by atoms with E-state index in [9.17, 15) is 4.79 Å². The molecular weight excluding hydrogens is 342 g/mol. The Hall–Kier alpha value is -1.57. The lowest BCUT2D eigenvalue weighted by molar-refractivity contribution is -0.132. The van der Waals surface area contributed by atoms with Gasteiger partial charge >= 0.3 is 0 Å². The van der Waals surface area contributed by atoms with Crippen LogP contribution in [0.15, 0.2) is 42.6 Å². The highest BCUT2D eigenvalue weighted by Crippen LogP contribution is 2.52. The molecule has 0 aliphatic carbocycles. The fourth-order valence-corrected chi connectivity index (χ4v) is 4.87. The molecule has 1 saturated heterocycles. The summed E-state index contributed by atoms with van der Waals surface area (Å²) in [7, 11) is 0. The smallest absolute Gasteiger partial charge is 0.231 e. The number of carbonyl (C=O) groups is 1. The highest BCUT2D eigenvalue weighted by Gasteiger charge is 2.52. The summed E-state index contributed by atoms with van der Waals surface area (Å²) in [5, 5.41) is 0. The van der Waals surface area contributed by atoms with Gasteiger partial charge in [0.2, 0.25) is 5.91 Å². The first-order chi connectivity index (χ1) is 13.0. The van der Waals surface area contributed by atoms with Crippen LogP contribution in [0.25, 0.3) is 0 Å². The van der Waals surface area contributed by atoms with Crippen molar-refractivity contribution in [3.8, 4) is 0 Å². The minimum absolute atomic E-state index is 0.00182. The van der Waals surface area contributed by atoms with Crippen LogP contribution in [0.3, 0.4) is 0 Å². The summed E-state index contributed by atoms with van der Waals surface area (Å²) in [6, 6.07) is 10.7. The third kappa shape index (κ3) is 5.27. The van der Waals surface area contributed by atoms with Gasteiger partial charge in [-0.05, 0) is 35.2 Å². The molecule has 1 fully saturated rings. The Bertz CT molecular complexity index is 662. The van der Waals surface area contributed by atoms with Crippen molar-refractivity contribution in [2.75, 3.05) is 6.54 Å². The topological polar surface area (TPSA) is 20.3 Å². The summed E-state index contributed by atoms with van der Waals surface area (Å²) in [5.74, 6) is 0.648. The van der Waals surface area contributed by atoms with E-state index in [1.165, 1.54) is 5.56 Å². The maximum absolute atomic E-state index is 13.7. The molecule has 1 aliphatic rings.